The van der Waals surface area contributed by atoms with Crippen LogP contribution in [0.25, 0.3) is 0 Å². The molecule has 0 aromatic carbocycles. The highest BCUT2D eigenvalue weighted by Gasteiger charge is 2.66. The summed E-state index contributed by atoms with van der Waals surface area (Å²) in [5.41, 5.74) is 0. The summed E-state index contributed by atoms with van der Waals surface area (Å²) in [6.45, 7) is 3.42. The van der Waals surface area contributed by atoms with Gasteiger partial charge in [-0.3, -0.25) is 0 Å². The normalized spacial score (nSPS) is 39.6. The quantitative estimate of drug-likeness (QED) is 0.426. The molecule has 92 valence electrons. The predicted octanol–water partition coefficient (Wildman–Crippen LogP) is 1.25. The fourth-order valence-electron chi connectivity index (χ4n) is 1.32. The van der Waals surface area contributed by atoms with Gasteiger partial charge in [0.25, 0.3) is 0 Å². The summed E-state index contributed by atoms with van der Waals surface area (Å²) in [5, 5.41) is 8.19. The van der Waals surface area contributed by atoms with Gasteiger partial charge in [-0.15, -0.1) is 0 Å². The molecule has 3 heterocycles. The summed E-state index contributed by atoms with van der Waals surface area (Å²) < 4.78 is 19.3. The first-order valence-corrected chi connectivity index (χ1v) is 5.99. The fraction of sp³-hybridized carbons (Fsp3) is 0.889. The topological polar surface area (TPSA) is 80.8 Å². The molecule has 0 bridgehead atoms. The maximum Gasteiger partial charge on any atom is 0.506 e. The molecule has 16 heavy (non-hydrogen) atoms. The lowest BCUT2D eigenvalue weighted by Crippen LogP contribution is -2.24. The average Bonchev–Trinajstić information content (AvgIpc) is 3.11. The molecule has 3 rings (SSSR count). The van der Waals surface area contributed by atoms with Crippen LogP contribution in [0.2, 0.25) is 0 Å². The summed E-state index contributed by atoms with van der Waals surface area (Å²) in [6.07, 6.45) is -0.333. The van der Waals surface area contributed by atoms with Crippen LogP contribution in [-0.2, 0) is 18.4 Å². The number of ether oxygens (including phenoxy) is 3. The van der Waals surface area contributed by atoms with Crippen molar-refractivity contribution in [2.45, 2.75) is 31.3 Å². The van der Waals surface area contributed by atoms with Crippen molar-refractivity contribution in [3.05, 3.63) is 0 Å². The Morgan fingerprint density at radius 2 is 2.31 bits per heavy atom. The molecule has 1 spiro atoms. The predicted molar refractivity (Wildman–Crippen MR) is 55.2 cm³/mol. The third-order valence-corrected chi connectivity index (χ3v) is 3.34. The lowest BCUT2D eigenvalue weighted by molar-refractivity contribution is 0.0483. The van der Waals surface area contributed by atoms with Gasteiger partial charge in [-0.1, -0.05) is 0 Å². The van der Waals surface area contributed by atoms with E-state index in [9.17, 15) is 4.79 Å². The Morgan fingerprint density at radius 1 is 1.62 bits per heavy atom. The van der Waals surface area contributed by atoms with Crippen LogP contribution in [-0.4, -0.2) is 48.2 Å². The highest BCUT2D eigenvalue weighted by Crippen LogP contribution is 2.48. The Bertz CT molecular complexity index is 261. The molecular weight excluding hydrogens is 236 g/mol. The summed E-state index contributed by atoms with van der Waals surface area (Å²) >= 11 is 1.26. The molecule has 3 saturated heterocycles. The van der Waals surface area contributed by atoms with Crippen molar-refractivity contribution >= 4 is 18.2 Å². The van der Waals surface area contributed by atoms with Gasteiger partial charge in [0.05, 0.1) is 12.4 Å². The molecule has 3 aliphatic rings. The van der Waals surface area contributed by atoms with E-state index in [0.29, 0.717) is 24.9 Å². The van der Waals surface area contributed by atoms with Gasteiger partial charge in [0.15, 0.2) is 0 Å². The van der Waals surface area contributed by atoms with Crippen molar-refractivity contribution in [1.29, 1.82) is 0 Å². The van der Waals surface area contributed by atoms with Gasteiger partial charge in [0, 0.05) is 6.42 Å². The molecule has 7 heteroatoms. The molecule has 6 nitrogen and oxygen atoms in total. The SMILES string of the molecule is CC1OC12CO2.O=C(O)OC1CCOSC1. The number of hydrogen-bond donors (Lipinski definition) is 1. The van der Waals surface area contributed by atoms with Crippen LogP contribution in [0, 0.1) is 0 Å². The largest absolute Gasteiger partial charge is 0.506 e. The van der Waals surface area contributed by atoms with E-state index < -0.39 is 6.16 Å². The zero-order valence-corrected chi connectivity index (χ0v) is 9.70. The first kappa shape index (κ1) is 12.0. The first-order valence-electron chi connectivity index (χ1n) is 5.08. The first-order chi connectivity index (χ1) is 7.62. The highest BCUT2D eigenvalue weighted by molar-refractivity contribution is 7.94. The van der Waals surface area contributed by atoms with E-state index in [-0.39, 0.29) is 11.9 Å². The molecule has 0 aromatic heterocycles. The van der Waals surface area contributed by atoms with Gasteiger partial charge >= 0.3 is 6.16 Å². The molecule has 1 N–H and O–H groups in total. The van der Waals surface area contributed by atoms with Crippen LogP contribution in [0.15, 0.2) is 0 Å². The summed E-state index contributed by atoms with van der Waals surface area (Å²) in [4.78, 5) is 10.00. The molecule has 3 atom stereocenters. The minimum Gasteiger partial charge on any atom is -0.450 e. The van der Waals surface area contributed by atoms with E-state index in [0.717, 1.165) is 6.61 Å². The fourth-order valence-corrected chi connectivity index (χ4v) is 2.02. The smallest absolute Gasteiger partial charge is 0.450 e. The minimum absolute atomic E-state index is 0.0417. The van der Waals surface area contributed by atoms with E-state index in [1.807, 2.05) is 6.92 Å². The second-order valence-corrected chi connectivity index (χ2v) is 4.57. The Labute approximate surface area is 97.4 Å². The Morgan fingerprint density at radius 3 is 2.62 bits per heavy atom. The summed E-state index contributed by atoms with van der Waals surface area (Å²) in [5.74, 6) is 0.562. The molecular formula is C9H14O6S. The maximum atomic E-state index is 10.00. The van der Waals surface area contributed by atoms with Crippen LogP contribution >= 0.6 is 12.0 Å². The molecule has 0 saturated carbocycles. The zero-order valence-electron chi connectivity index (χ0n) is 8.88. The van der Waals surface area contributed by atoms with Gasteiger partial charge in [0.1, 0.15) is 18.8 Å². The van der Waals surface area contributed by atoms with Gasteiger partial charge in [-0.25, -0.2) is 4.79 Å². The lowest BCUT2D eigenvalue weighted by atomic mass is 10.3. The number of hydrogen-bond acceptors (Lipinski definition) is 6. The maximum absolute atomic E-state index is 10.00. The second-order valence-electron chi connectivity index (χ2n) is 3.76. The van der Waals surface area contributed by atoms with Crippen molar-refractivity contribution in [1.82, 2.24) is 0 Å². The van der Waals surface area contributed by atoms with Crippen LogP contribution in [0.5, 0.6) is 0 Å². The Balaban J connectivity index is 0.000000134. The molecule has 0 amide bonds. The average molecular weight is 250 g/mol. The van der Waals surface area contributed by atoms with Crippen molar-refractivity contribution in [3.8, 4) is 0 Å². The van der Waals surface area contributed by atoms with Crippen LogP contribution < -0.4 is 0 Å². The second kappa shape index (κ2) is 4.79. The summed E-state index contributed by atoms with van der Waals surface area (Å²) in [7, 11) is 0. The van der Waals surface area contributed by atoms with E-state index in [1.54, 1.807) is 0 Å². The molecule has 3 unspecified atom stereocenters. The summed E-state index contributed by atoms with van der Waals surface area (Å²) in [6, 6.07) is 0. The molecule has 0 aliphatic carbocycles. The third-order valence-electron chi connectivity index (χ3n) is 2.50. The number of carboxylic acid groups (broad SMARTS) is 1. The molecule has 3 aliphatic heterocycles. The van der Waals surface area contributed by atoms with Gasteiger partial charge < -0.3 is 23.5 Å². The third kappa shape index (κ3) is 3.24. The van der Waals surface area contributed by atoms with Crippen LogP contribution in [0.3, 0.4) is 0 Å². The van der Waals surface area contributed by atoms with Crippen LogP contribution in [0.1, 0.15) is 13.3 Å². The standard InChI is InChI=1S/C5H8O4S.C4H6O2/c6-5(7)9-4-1-2-8-10-3-4;1-3-4(6-3)2-5-4/h4H,1-3H2,(H,6,7);3H,2H2,1H3. The molecule has 0 radical (unpaired) electrons. The minimum atomic E-state index is -1.20. The van der Waals surface area contributed by atoms with Crippen LogP contribution in [0.4, 0.5) is 4.79 Å². The number of carbonyl (C=O) groups is 1. The van der Waals surface area contributed by atoms with E-state index in [2.05, 4.69) is 4.74 Å². The zero-order chi connectivity index (χ0) is 11.6. The molecule has 0 aromatic rings. The van der Waals surface area contributed by atoms with Gasteiger partial charge in [-0.2, -0.15) is 0 Å². The van der Waals surface area contributed by atoms with Crippen molar-refractivity contribution in [2.24, 2.45) is 0 Å². The van der Waals surface area contributed by atoms with E-state index >= 15 is 0 Å². The lowest BCUT2D eigenvalue weighted by Gasteiger charge is -2.18. The van der Waals surface area contributed by atoms with Crippen molar-refractivity contribution in [3.63, 3.8) is 0 Å². The van der Waals surface area contributed by atoms with Gasteiger partial charge in [0.2, 0.25) is 5.79 Å². The van der Waals surface area contributed by atoms with Gasteiger partial charge in [-0.05, 0) is 19.0 Å². The van der Waals surface area contributed by atoms with E-state index in [4.69, 9.17) is 18.8 Å². The van der Waals surface area contributed by atoms with Crippen molar-refractivity contribution in [2.75, 3.05) is 19.0 Å². The Hall–Kier alpha value is -0.500. The molecule has 3 fully saturated rings. The van der Waals surface area contributed by atoms with Crippen molar-refractivity contribution < 1.29 is 28.3 Å². The monoisotopic (exact) mass is 250 g/mol. The Kier molecular flexibility index (Phi) is 3.58. The van der Waals surface area contributed by atoms with E-state index in [1.165, 1.54) is 12.0 Å². The number of epoxide rings is 2. The number of rotatable bonds is 1. The highest BCUT2D eigenvalue weighted by atomic mass is 32.2.